The summed E-state index contributed by atoms with van der Waals surface area (Å²) >= 11 is 0. The minimum absolute atomic E-state index is 0.200. The molecule has 0 saturated carbocycles. The number of hydrogen-bond acceptors (Lipinski definition) is 3. The molecule has 1 aliphatic rings. The third kappa shape index (κ3) is 1.87. The number of nitrogens with one attached hydrogen (secondary N) is 1. The Morgan fingerprint density at radius 2 is 1.94 bits per heavy atom. The van der Waals surface area contributed by atoms with Crippen LogP contribution in [0.3, 0.4) is 0 Å². The Morgan fingerprint density at radius 1 is 1.38 bits per heavy atom. The topological polar surface area (TPSA) is 66.1 Å². The van der Waals surface area contributed by atoms with Crippen molar-refractivity contribution in [3.8, 4) is 0 Å². The van der Waals surface area contributed by atoms with Crippen LogP contribution in [0.5, 0.6) is 0 Å². The molecule has 0 radical (unpaired) electrons. The van der Waals surface area contributed by atoms with Gasteiger partial charge in [-0.25, -0.2) is 13.4 Å². The number of H-pyrrole nitrogens is 1. The first kappa shape index (κ1) is 11.6. The largest absolute Gasteiger partial charge is 0.332 e. The maximum Gasteiger partial charge on any atom is 0.260 e. The number of aromatic amines is 1. The predicted octanol–water partition coefficient (Wildman–Crippen LogP) is 0.995. The van der Waals surface area contributed by atoms with Gasteiger partial charge in [0.15, 0.2) is 5.03 Å². The molecule has 1 aromatic rings. The van der Waals surface area contributed by atoms with Crippen LogP contribution in [0.1, 0.15) is 19.7 Å². The summed E-state index contributed by atoms with van der Waals surface area (Å²) in [6.45, 7) is 7.11. The number of nitrogens with zero attached hydrogens (tertiary/aromatic N) is 2. The summed E-state index contributed by atoms with van der Waals surface area (Å²) in [7, 11) is -3.37. The van der Waals surface area contributed by atoms with Gasteiger partial charge >= 0.3 is 0 Å². The highest BCUT2D eigenvalue weighted by Gasteiger charge is 2.35. The second-order valence-corrected chi connectivity index (χ2v) is 6.52. The molecule has 90 valence electrons. The zero-order chi connectivity index (χ0) is 11.9. The minimum atomic E-state index is -3.37. The lowest BCUT2D eigenvalue weighted by Gasteiger charge is -2.14. The molecule has 2 atom stereocenters. The zero-order valence-electron chi connectivity index (χ0n) is 9.77. The van der Waals surface area contributed by atoms with E-state index in [1.807, 2.05) is 0 Å². The summed E-state index contributed by atoms with van der Waals surface area (Å²) in [4.78, 5) is 6.71. The van der Waals surface area contributed by atoms with Crippen LogP contribution in [0.2, 0.25) is 0 Å². The number of aromatic nitrogens is 2. The molecule has 2 rings (SSSR count). The van der Waals surface area contributed by atoms with Crippen molar-refractivity contribution in [3.05, 3.63) is 12.0 Å². The number of sulfonamides is 1. The third-order valence-electron chi connectivity index (χ3n) is 3.25. The summed E-state index contributed by atoms with van der Waals surface area (Å²) in [6, 6.07) is 0. The normalized spacial score (nSPS) is 27.4. The molecule has 0 amide bonds. The van der Waals surface area contributed by atoms with Crippen LogP contribution < -0.4 is 0 Å². The lowest BCUT2D eigenvalue weighted by atomic mass is 10.0. The lowest BCUT2D eigenvalue weighted by Crippen LogP contribution is -2.29. The molecule has 1 aliphatic heterocycles. The number of imidazole rings is 1. The average Bonchev–Trinajstić information content (AvgIpc) is 2.75. The lowest BCUT2D eigenvalue weighted by molar-refractivity contribution is 0.461. The molecule has 0 spiro atoms. The van der Waals surface area contributed by atoms with Gasteiger partial charge in [0.2, 0.25) is 0 Å². The summed E-state index contributed by atoms with van der Waals surface area (Å²) < 4.78 is 25.9. The first-order valence-corrected chi connectivity index (χ1v) is 6.87. The Hall–Kier alpha value is -0.880. The Balaban J connectivity index is 2.27. The molecule has 2 heterocycles. The minimum Gasteiger partial charge on any atom is -0.332 e. The van der Waals surface area contributed by atoms with Crippen molar-refractivity contribution in [3.63, 3.8) is 0 Å². The molecule has 1 saturated heterocycles. The first-order chi connectivity index (χ1) is 7.41. The fourth-order valence-corrected chi connectivity index (χ4v) is 3.55. The maximum atomic E-state index is 12.2. The highest BCUT2D eigenvalue weighted by atomic mass is 32.2. The van der Waals surface area contributed by atoms with Gasteiger partial charge in [-0.1, -0.05) is 13.8 Å². The predicted molar refractivity (Wildman–Crippen MR) is 60.4 cm³/mol. The molecule has 2 unspecified atom stereocenters. The van der Waals surface area contributed by atoms with Crippen LogP contribution in [0.4, 0.5) is 0 Å². The van der Waals surface area contributed by atoms with E-state index in [-0.39, 0.29) is 5.03 Å². The van der Waals surface area contributed by atoms with Crippen molar-refractivity contribution in [2.45, 2.75) is 25.8 Å². The van der Waals surface area contributed by atoms with Crippen LogP contribution in [0.15, 0.2) is 11.2 Å². The summed E-state index contributed by atoms with van der Waals surface area (Å²) in [5, 5.41) is 0.200. The average molecular weight is 243 g/mol. The van der Waals surface area contributed by atoms with E-state index in [4.69, 9.17) is 0 Å². The fourth-order valence-electron chi connectivity index (χ4n) is 1.94. The Morgan fingerprint density at radius 3 is 2.38 bits per heavy atom. The van der Waals surface area contributed by atoms with Gasteiger partial charge in [-0.2, -0.15) is 4.31 Å². The van der Waals surface area contributed by atoms with Gasteiger partial charge < -0.3 is 4.98 Å². The van der Waals surface area contributed by atoms with E-state index in [0.29, 0.717) is 30.7 Å². The summed E-state index contributed by atoms with van der Waals surface area (Å²) in [5.74, 6) is 1.46. The first-order valence-electron chi connectivity index (χ1n) is 5.43. The third-order valence-corrected chi connectivity index (χ3v) is 4.99. The van der Waals surface area contributed by atoms with Gasteiger partial charge in [-0.15, -0.1) is 0 Å². The number of hydrogen-bond donors (Lipinski definition) is 1. The number of rotatable bonds is 2. The van der Waals surface area contributed by atoms with Gasteiger partial charge in [0.25, 0.3) is 10.0 Å². The van der Waals surface area contributed by atoms with Crippen LogP contribution in [0, 0.1) is 18.8 Å². The molecule has 0 bridgehead atoms. The van der Waals surface area contributed by atoms with Crippen molar-refractivity contribution in [2.24, 2.45) is 11.8 Å². The van der Waals surface area contributed by atoms with E-state index in [1.165, 1.54) is 10.5 Å². The molecule has 1 N–H and O–H groups in total. The molecular formula is C10H17N3O2S. The second kappa shape index (κ2) is 3.85. The smallest absolute Gasteiger partial charge is 0.260 e. The van der Waals surface area contributed by atoms with Gasteiger partial charge in [-0.3, -0.25) is 0 Å². The van der Waals surface area contributed by atoms with Crippen molar-refractivity contribution in [1.82, 2.24) is 14.3 Å². The van der Waals surface area contributed by atoms with Crippen LogP contribution >= 0.6 is 0 Å². The maximum absolute atomic E-state index is 12.2. The Labute approximate surface area is 95.9 Å². The SMILES string of the molecule is Cc1ncc(S(=O)(=O)N2CC(C)C(C)C2)[nH]1. The monoisotopic (exact) mass is 243 g/mol. The van der Waals surface area contributed by atoms with Crippen molar-refractivity contribution < 1.29 is 8.42 Å². The fraction of sp³-hybridized carbons (Fsp3) is 0.700. The van der Waals surface area contributed by atoms with Crippen LogP contribution in [0.25, 0.3) is 0 Å². The van der Waals surface area contributed by atoms with E-state index in [9.17, 15) is 8.42 Å². The van der Waals surface area contributed by atoms with E-state index in [2.05, 4.69) is 23.8 Å². The molecule has 0 aromatic carbocycles. The molecule has 1 fully saturated rings. The Bertz CT molecular complexity index is 470. The number of aryl methyl sites for hydroxylation is 1. The standard InChI is InChI=1S/C10H17N3O2S/c1-7-5-13(6-8(7)2)16(14,15)10-4-11-9(3)12-10/h4,7-8H,5-6H2,1-3H3,(H,11,12). The quantitative estimate of drug-likeness (QED) is 0.842. The van der Waals surface area contributed by atoms with Crippen molar-refractivity contribution in [1.29, 1.82) is 0 Å². The highest BCUT2D eigenvalue weighted by Crippen LogP contribution is 2.27. The van der Waals surface area contributed by atoms with E-state index in [1.54, 1.807) is 6.92 Å². The molecule has 0 aliphatic carbocycles. The van der Waals surface area contributed by atoms with Crippen molar-refractivity contribution in [2.75, 3.05) is 13.1 Å². The summed E-state index contributed by atoms with van der Waals surface area (Å²) in [6.07, 6.45) is 1.39. The second-order valence-electron chi connectivity index (χ2n) is 4.61. The van der Waals surface area contributed by atoms with Crippen LogP contribution in [-0.4, -0.2) is 35.8 Å². The zero-order valence-corrected chi connectivity index (χ0v) is 10.6. The summed E-state index contributed by atoms with van der Waals surface area (Å²) in [5.41, 5.74) is 0. The molecular weight excluding hydrogens is 226 g/mol. The molecule has 16 heavy (non-hydrogen) atoms. The Kier molecular flexibility index (Phi) is 2.79. The van der Waals surface area contributed by atoms with Gasteiger partial charge in [0.1, 0.15) is 5.82 Å². The van der Waals surface area contributed by atoms with Crippen molar-refractivity contribution >= 4 is 10.0 Å². The van der Waals surface area contributed by atoms with Gasteiger partial charge in [0.05, 0.1) is 6.20 Å². The highest BCUT2D eigenvalue weighted by molar-refractivity contribution is 7.89. The molecule has 5 nitrogen and oxygen atoms in total. The van der Waals surface area contributed by atoms with E-state index < -0.39 is 10.0 Å². The van der Waals surface area contributed by atoms with Gasteiger partial charge in [0, 0.05) is 13.1 Å². The molecule has 6 heteroatoms. The van der Waals surface area contributed by atoms with E-state index >= 15 is 0 Å². The van der Waals surface area contributed by atoms with Gasteiger partial charge in [-0.05, 0) is 18.8 Å². The van der Waals surface area contributed by atoms with Crippen LogP contribution in [-0.2, 0) is 10.0 Å². The molecule has 1 aromatic heterocycles. The van der Waals surface area contributed by atoms with E-state index in [0.717, 1.165) is 0 Å².